The number of ketones is 1. The van der Waals surface area contributed by atoms with Crippen LogP contribution in [0.1, 0.15) is 85.0 Å². The molecule has 5 atom stereocenters. The third-order valence-electron chi connectivity index (χ3n) is 6.12. The minimum Gasteiger partial charge on any atom is -0.391 e. The largest absolute Gasteiger partial charge is 0.391 e. The molecule has 0 bridgehead atoms. The van der Waals surface area contributed by atoms with Crippen LogP contribution in [0.25, 0.3) is 0 Å². The van der Waals surface area contributed by atoms with Crippen LogP contribution in [0.5, 0.6) is 0 Å². The Morgan fingerprint density at radius 1 is 1.13 bits per heavy atom. The number of piperidine rings is 1. The molecule has 1 heterocycles. The summed E-state index contributed by atoms with van der Waals surface area (Å²) < 4.78 is 0. The van der Waals surface area contributed by atoms with E-state index in [0.29, 0.717) is 12.3 Å². The van der Waals surface area contributed by atoms with Gasteiger partial charge in [-0.3, -0.25) is 14.4 Å². The van der Waals surface area contributed by atoms with Gasteiger partial charge >= 0.3 is 0 Å². The highest BCUT2D eigenvalue weighted by Crippen LogP contribution is 2.23. The second-order valence-corrected chi connectivity index (χ2v) is 8.93. The molecule has 1 rings (SSSR count). The van der Waals surface area contributed by atoms with Gasteiger partial charge in [-0.25, -0.2) is 0 Å². The molecule has 1 unspecified atom stereocenters. The zero-order valence-electron chi connectivity index (χ0n) is 19.6. The smallest absolute Gasteiger partial charge is 0.245 e. The van der Waals surface area contributed by atoms with E-state index in [9.17, 15) is 19.5 Å². The van der Waals surface area contributed by atoms with Crippen molar-refractivity contribution >= 4 is 17.6 Å². The van der Waals surface area contributed by atoms with Crippen LogP contribution in [0.15, 0.2) is 0 Å². The normalized spacial score (nSPS) is 21.7. The number of aliphatic hydroxyl groups is 1. The Hall–Kier alpha value is -1.51. The zero-order chi connectivity index (χ0) is 23.2. The second kappa shape index (κ2) is 15.3. The molecule has 0 aromatic rings. The van der Waals surface area contributed by atoms with E-state index >= 15 is 0 Å². The summed E-state index contributed by atoms with van der Waals surface area (Å²) in [6.45, 7) is 6.07. The molecule has 0 aromatic heterocycles. The topological polar surface area (TPSA) is 134 Å². The maximum Gasteiger partial charge on any atom is 0.245 e. The van der Waals surface area contributed by atoms with Gasteiger partial charge in [0.1, 0.15) is 6.04 Å². The third kappa shape index (κ3) is 10.6. The Balaban J connectivity index is 2.54. The maximum absolute atomic E-state index is 12.8. The number of hydrogen-bond acceptors (Lipinski definition) is 6. The molecule has 180 valence electrons. The Morgan fingerprint density at radius 2 is 1.81 bits per heavy atom. The molecular formula is C23H44N4O4. The predicted molar refractivity (Wildman–Crippen MR) is 122 cm³/mol. The van der Waals surface area contributed by atoms with Crippen LogP contribution in [0.2, 0.25) is 0 Å². The van der Waals surface area contributed by atoms with Crippen LogP contribution in [0, 0.1) is 5.92 Å². The van der Waals surface area contributed by atoms with E-state index in [0.717, 1.165) is 25.8 Å². The minimum absolute atomic E-state index is 0.207. The summed E-state index contributed by atoms with van der Waals surface area (Å²) in [4.78, 5) is 37.1. The molecule has 1 fully saturated rings. The van der Waals surface area contributed by atoms with E-state index in [4.69, 9.17) is 5.73 Å². The van der Waals surface area contributed by atoms with Crippen molar-refractivity contribution in [1.82, 2.24) is 16.0 Å². The molecule has 2 amide bonds. The first kappa shape index (κ1) is 27.5. The zero-order valence-corrected chi connectivity index (χ0v) is 19.6. The van der Waals surface area contributed by atoms with Gasteiger partial charge in [-0.1, -0.05) is 51.9 Å². The lowest BCUT2D eigenvalue weighted by Crippen LogP contribution is -2.59. The summed E-state index contributed by atoms with van der Waals surface area (Å²) in [5.41, 5.74) is 5.50. The van der Waals surface area contributed by atoms with Gasteiger partial charge in [-0.05, 0) is 52.1 Å². The molecule has 1 aliphatic rings. The lowest BCUT2D eigenvalue weighted by Gasteiger charge is -2.31. The molecule has 0 aromatic carbocycles. The summed E-state index contributed by atoms with van der Waals surface area (Å²) in [5.74, 6) is -0.571. The fourth-order valence-electron chi connectivity index (χ4n) is 4.14. The Labute approximate surface area is 187 Å². The van der Waals surface area contributed by atoms with E-state index in [-0.39, 0.29) is 24.3 Å². The van der Waals surface area contributed by atoms with Crippen LogP contribution < -0.4 is 21.7 Å². The maximum atomic E-state index is 12.8. The van der Waals surface area contributed by atoms with Gasteiger partial charge < -0.3 is 26.8 Å². The number of amides is 2. The average Bonchev–Trinajstić information content (AvgIpc) is 2.73. The van der Waals surface area contributed by atoms with Crippen molar-refractivity contribution in [3.05, 3.63) is 0 Å². The third-order valence-corrected chi connectivity index (χ3v) is 6.12. The van der Waals surface area contributed by atoms with Gasteiger partial charge in [0.25, 0.3) is 0 Å². The number of rotatable bonds is 15. The predicted octanol–water partition coefficient (Wildman–Crippen LogP) is 1.39. The van der Waals surface area contributed by atoms with E-state index in [1.807, 2.05) is 0 Å². The Bertz CT molecular complexity index is 556. The van der Waals surface area contributed by atoms with Gasteiger partial charge in [-0.15, -0.1) is 0 Å². The summed E-state index contributed by atoms with van der Waals surface area (Å²) >= 11 is 0. The summed E-state index contributed by atoms with van der Waals surface area (Å²) in [6, 6.07) is -2.21. The fourth-order valence-corrected chi connectivity index (χ4v) is 4.14. The van der Waals surface area contributed by atoms with Gasteiger partial charge in [0, 0.05) is 0 Å². The molecule has 8 heteroatoms. The van der Waals surface area contributed by atoms with Crippen LogP contribution >= 0.6 is 0 Å². The number of Topliss-reactive ketones (excluding diaryl/α,β-unsaturated/α-hetero) is 1. The Kier molecular flexibility index (Phi) is 13.6. The van der Waals surface area contributed by atoms with Crippen LogP contribution in [-0.2, 0) is 14.4 Å². The lowest BCUT2D eigenvalue weighted by molar-refractivity contribution is -0.134. The molecule has 0 radical (unpaired) electrons. The Morgan fingerprint density at radius 3 is 2.42 bits per heavy atom. The molecule has 8 nitrogen and oxygen atoms in total. The monoisotopic (exact) mass is 440 g/mol. The quantitative estimate of drug-likeness (QED) is 0.244. The molecule has 0 aliphatic carbocycles. The van der Waals surface area contributed by atoms with Gasteiger partial charge in [0.15, 0.2) is 5.78 Å². The summed E-state index contributed by atoms with van der Waals surface area (Å²) in [6.07, 6.45) is 9.69. The summed E-state index contributed by atoms with van der Waals surface area (Å²) in [5, 5.41) is 18.6. The van der Waals surface area contributed by atoms with E-state index in [1.165, 1.54) is 52.4 Å². The number of nitrogens with one attached hydrogen (secondary N) is 3. The standard InChI is InChI=1S/C23H44N4O4/c1-4-5-6-7-8-9-10-18-12-14-25-20(15-18)22(30)27-21(17(3)29)23(31)26-19(11-13-24)16(2)28/h17-21,25,29H,4-15,24H2,1-3H3,(H,26,31)(H,27,30)/t17?,18-,19-,20+,21-/m0/s1. The number of nitrogens with two attached hydrogens (primary N) is 1. The molecule has 6 N–H and O–H groups in total. The fraction of sp³-hybridized carbons (Fsp3) is 0.870. The number of aliphatic hydroxyl groups excluding tert-OH is 1. The van der Waals surface area contributed by atoms with Crippen LogP contribution in [-0.4, -0.2) is 60.0 Å². The highest BCUT2D eigenvalue weighted by atomic mass is 16.3. The first-order chi connectivity index (χ1) is 14.8. The second-order valence-electron chi connectivity index (χ2n) is 8.93. The SMILES string of the molecule is CCCCCCCC[C@H]1CCN[C@@H](C(=O)N[C@H](C(=O)N[C@@H](CCN)C(C)=O)C(C)O)C1. The van der Waals surface area contributed by atoms with Crippen molar-refractivity contribution in [2.45, 2.75) is 109 Å². The van der Waals surface area contributed by atoms with Crippen molar-refractivity contribution in [1.29, 1.82) is 0 Å². The first-order valence-corrected chi connectivity index (χ1v) is 12.0. The van der Waals surface area contributed by atoms with Gasteiger partial charge in [0.2, 0.25) is 11.8 Å². The van der Waals surface area contributed by atoms with Gasteiger partial charge in [0.05, 0.1) is 18.2 Å². The van der Waals surface area contributed by atoms with E-state index in [1.54, 1.807) is 0 Å². The summed E-state index contributed by atoms with van der Waals surface area (Å²) in [7, 11) is 0. The molecule has 0 spiro atoms. The molecule has 0 saturated carbocycles. The molecule has 1 saturated heterocycles. The lowest BCUT2D eigenvalue weighted by atomic mass is 9.87. The highest BCUT2D eigenvalue weighted by Gasteiger charge is 2.32. The van der Waals surface area contributed by atoms with Crippen molar-refractivity contribution < 1.29 is 19.5 Å². The van der Waals surface area contributed by atoms with Crippen molar-refractivity contribution in [3.8, 4) is 0 Å². The minimum atomic E-state index is -1.12. The molecular weight excluding hydrogens is 396 g/mol. The van der Waals surface area contributed by atoms with Crippen LogP contribution in [0.3, 0.4) is 0 Å². The molecule has 31 heavy (non-hydrogen) atoms. The average molecular weight is 441 g/mol. The van der Waals surface area contributed by atoms with Crippen molar-refractivity contribution in [2.24, 2.45) is 11.7 Å². The van der Waals surface area contributed by atoms with E-state index < -0.39 is 24.1 Å². The molecule has 1 aliphatic heterocycles. The van der Waals surface area contributed by atoms with Gasteiger partial charge in [-0.2, -0.15) is 0 Å². The van der Waals surface area contributed by atoms with Crippen molar-refractivity contribution in [2.75, 3.05) is 13.1 Å². The number of carbonyl (C=O) groups is 3. The van der Waals surface area contributed by atoms with Crippen LogP contribution in [0.4, 0.5) is 0 Å². The number of unbranched alkanes of at least 4 members (excludes halogenated alkanes) is 5. The highest BCUT2D eigenvalue weighted by molar-refractivity contribution is 5.93. The first-order valence-electron chi connectivity index (χ1n) is 12.0. The number of hydrogen-bond donors (Lipinski definition) is 5. The van der Waals surface area contributed by atoms with Crippen molar-refractivity contribution in [3.63, 3.8) is 0 Å². The van der Waals surface area contributed by atoms with E-state index in [2.05, 4.69) is 22.9 Å². The number of carbonyl (C=O) groups excluding carboxylic acids is 3.